The van der Waals surface area contributed by atoms with Gasteiger partial charge in [0, 0.05) is 6.54 Å². The second kappa shape index (κ2) is 6.86. The third kappa shape index (κ3) is 5.31. The van der Waals surface area contributed by atoms with E-state index in [0.717, 1.165) is 18.5 Å². The molecule has 0 aliphatic rings. The Morgan fingerprint density at radius 1 is 1.41 bits per heavy atom. The van der Waals surface area contributed by atoms with Crippen molar-refractivity contribution in [3.05, 3.63) is 47.0 Å². The quantitative estimate of drug-likeness (QED) is 0.586. The molecule has 0 fully saturated rings. The number of hydrogen-bond donors (Lipinski definition) is 2. The lowest BCUT2D eigenvalue weighted by Gasteiger charge is -2.04. The van der Waals surface area contributed by atoms with Crippen LogP contribution in [0.15, 0.2) is 35.9 Å². The molecule has 92 valence electrons. The summed E-state index contributed by atoms with van der Waals surface area (Å²) in [7, 11) is 0. The first-order valence-electron chi connectivity index (χ1n) is 5.76. The monoisotopic (exact) mass is 233 g/mol. The Kier molecular flexibility index (Phi) is 5.43. The summed E-state index contributed by atoms with van der Waals surface area (Å²) in [5, 5.41) is 12.1. The molecular formula is C14H19NO2. The van der Waals surface area contributed by atoms with Gasteiger partial charge in [-0.05, 0) is 44.5 Å². The molecule has 2 N–H and O–H groups in total. The molecule has 1 aromatic carbocycles. The zero-order valence-corrected chi connectivity index (χ0v) is 10.4. The van der Waals surface area contributed by atoms with Gasteiger partial charge in [0.1, 0.15) is 0 Å². The van der Waals surface area contributed by atoms with E-state index < -0.39 is 5.97 Å². The Bertz CT molecular complexity index is 406. The van der Waals surface area contributed by atoms with Crippen molar-refractivity contribution in [2.75, 3.05) is 6.54 Å². The summed E-state index contributed by atoms with van der Waals surface area (Å²) in [5.74, 6) is -0.878. The first kappa shape index (κ1) is 13.5. The highest BCUT2D eigenvalue weighted by Gasteiger charge is 2.02. The number of carboxylic acids is 1. The average molecular weight is 233 g/mol. The van der Waals surface area contributed by atoms with Gasteiger partial charge in [-0.3, -0.25) is 0 Å². The topological polar surface area (TPSA) is 49.3 Å². The van der Waals surface area contributed by atoms with Crippen LogP contribution >= 0.6 is 0 Å². The van der Waals surface area contributed by atoms with E-state index in [1.807, 2.05) is 6.07 Å². The molecule has 0 radical (unpaired) electrons. The molecule has 0 heterocycles. The molecule has 0 spiro atoms. The Labute approximate surface area is 102 Å². The van der Waals surface area contributed by atoms with Crippen LogP contribution in [0.4, 0.5) is 0 Å². The van der Waals surface area contributed by atoms with Gasteiger partial charge in [0.2, 0.25) is 0 Å². The number of rotatable bonds is 6. The van der Waals surface area contributed by atoms with E-state index >= 15 is 0 Å². The Morgan fingerprint density at radius 2 is 2.18 bits per heavy atom. The van der Waals surface area contributed by atoms with E-state index in [1.54, 1.807) is 18.2 Å². The summed E-state index contributed by atoms with van der Waals surface area (Å²) in [5.41, 5.74) is 2.66. The minimum absolute atomic E-state index is 0.341. The molecular weight excluding hydrogens is 214 g/mol. The van der Waals surface area contributed by atoms with Gasteiger partial charge in [0.05, 0.1) is 5.56 Å². The molecule has 0 bridgehead atoms. The lowest BCUT2D eigenvalue weighted by Crippen LogP contribution is -2.14. The highest BCUT2D eigenvalue weighted by Crippen LogP contribution is 2.05. The molecule has 17 heavy (non-hydrogen) atoms. The molecule has 0 atom stereocenters. The fourth-order valence-corrected chi connectivity index (χ4v) is 1.51. The zero-order valence-electron chi connectivity index (χ0n) is 10.4. The van der Waals surface area contributed by atoms with Crippen LogP contribution in [0.1, 0.15) is 36.2 Å². The van der Waals surface area contributed by atoms with E-state index in [-0.39, 0.29) is 0 Å². The summed E-state index contributed by atoms with van der Waals surface area (Å²) in [4.78, 5) is 10.8. The van der Waals surface area contributed by atoms with E-state index in [0.29, 0.717) is 12.1 Å². The first-order chi connectivity index (χ1) is 8.09. The Hall–Kier alpha value is -1.61. The maximum Gasteiger partial charge on any atom is 0.335 e. The predicted molar refractivity (Wildman–Crippen MR) is 69.2 cm³/mol. The fourth-order valence-electron chi connectivity index (χ4n) is 1.51. The Balaban J connectivity index is 2.39. The maximum absolute atomic E-state index is 10.8. The van der Waals surface area contributed by atoms with E-state index in [9.17, 15) is 4.79 Å². The van der Waals surface area contributed by atoms with Gasteiger partial charge < -0.3 is 10.4 Å². The van der Waals surface area contributed by atoms with Crippen LogP contribution in [0.25, 0.3) is 0 Å². The highest BCUT2D eigenvalue weighted by molar-refractivity contribution is 5.87. The Morgan fingerprint density at radius 3 is 2.82 bits per heavy atom. The van der Waals surface area contributed by atoms with Crippen molar-refractivity contribution in [2.45, 2.75) is 26.8 Å². The number of allylic oxidation sites excluding steroid dienone is 1. The molecule has 1 rings (SSSR count). The first-order valence-corrected chi connectivity index (χ1v) is 5.76. The van der Waals surface area contributed by atoms with Crippen molar-refractivity contribution < 1.29 is 9.90 Å². The second-order valence-corrected chi connectivity index (χ2v) is 4.25. The zero-order chi connectivity index (χ0) is 12.7. The molecule has 3 heteroatoms. The third-order valence-electron chi connectivity index (χ3n) is 2.38. The largest absolute Gasteiger partial charge is 0.478 e. The molecule has 0 saturated carbocycles. The van der Waals surface area contributed by atoms with Crippen molar-refractivity contribution in [2.24, 2.45) is 0 Å². The SMILES string of the molecule is CC(C)=CCCNCc1cccc(C(=O)O)c1. The molecule has 1 aromatic rings. The standard InChI is InChI=1S/C14H19NO2/c1-11(2)5-4-8-15-10-12-6-3-7-13(9-12)14(16)17/h3,5-7,9,15H,4,8,10H2,1-2H3,(H,16,17). The normalized spacial score (nSPS) is 10.0. The van der Waals surface area contributed by atoms with Crippen LogP contribution in [-0.4, -0.2) is 17.6 Å². The minimum Gasteiger partial charge on any atom is -0.478 e. The smallest absolute Gasteiger partial charge is 0.335 e. The number of aromatic carboxylic acids is 1. The molecule has 0 unspecified atom stereocenters. The van der Waals surface area contributed by atoms with Gasteiger partial charge in [0.15, 0.2) is 0 Å². The van der Waals surface area contributed by atoms with Crippen molar-refractivity contribution in [3.63, 3.8) is 0 Å². The number of carboxylic acid groups (broad SMARTS) is 1. The number of carbonyl (C=O) groups is 1. The van der Waals surface area contributed by atoms with Gasteiger partial charge in [-0.25, -0.2) is 4.79 Å². The van der Waals surface area contributed by atoms with Gasteiger partial charge in [-0.2, -0.15) is 0 Å². The minimum atomic E-state index is -0.878. The summed E-state index contributed by atoms with van der Waals surface area (Å²) >= 11 is 0. The van der Waals surface area contributed by atoms with Gasteiger partial charge >= 0.3 is 5.97 Å². The molecule has 3 nitrogen and oxygen atoms in total. The fraction of sp³-hybridized carbons (Fsp3) is 0.357. The lowest BCUT2D eigenvalue weighted by atomic mass is 10.1. The van der Waals surface area contributed by atoms with Crippen molar-refractivity contribution in [3.8, 4) is 0 Å². The number of hydrogen-bond acceptors (Lipinski definition) is 2. The lowest BCUT2D eigenvalue weighted by molar-refractivity contribution is 0.0696. The number of nitrogens with one attached hydrogen (secondary N) is 1. The molecule has 0 aliphatic heterocycles. The summed E-state index contributed by atoms with van der Waals surface area (Å²) < 4.78 is 0. The van der Waals surface area contributed by atoms with E-state index in [4.69, 9.17) is 5.11 Å². The average Bonchev–Trinajstić information content (AvgIpc) is 2.28. The number of benzene rings is 1. The molecule has 0 amide bonds. The molecule has 0 aliphatic carbocycles. The van der Waals surface area contributed by atoms with Gasteiger partial charge in [-0.15, -0.1) is 0 Å². The van der Waals surface area contributed by atoms with Crippen LogP contribution in [0.3, 0.4) is 0 Å². The summed E-state index contributed by atoms with van der Waals surface area (Å²) in [6.07, 6.45) is 3.18. The van der Waals surface area contributed by atoms with Crippen LogP contribution in [0, 0.1) is 0 Å². The van der Waals surface area contributed by atoms with Crippen LogP contribution in [-0.2, 0) is 6.54 Å². The van der Waals surface area contributed by atoms with Crippen molar-refractivity contribution >= 4 is 5.97 Å². The van der Waals surface area contributed by atoms with Crippen LogP contribution in [0.5, 0.6) is 0 Å². The van der Waals surface area contributed by atoms with Crippen molar-refractivity contribution in [1.29, 1.82) is 0 Å². The molecule has 0 saturated heterocycles. The second-order valence-electron chi connectivity index (χ2n) is 4.25. The predicted octanol–water partition coefficient (Wildman–Crippen LogP) is 2.83. The van der Waals surface area contributed by atoms with E-state index in [1.165, 1.54) is 5.57 Å². The maximum atomic E-state index is 10.8. The molecule has 0 aromatic heterocycles. The summed E-state index contributed by atoms with van der Waals surface area (Å²) in [6, 6.07) is 7.02. The van der Waals surface area contributed by atoms with Crippen LogP contribution in [0.2, 0.25) is 0 Å². The highest BCUT2D eigenvalue weighted by atomic mass is 16.4. The van der Waals surface area contributed by atoms with Gasteiger partial charge in [-0.1, -0.05) is 23.8 Å². The van der Waals surface area contributed by atoms with Gasteiger partial charge in [0.25, 0.3) is 0 Å². The van der Waals surface area contributed by atoms with Crippen LogP contribution < -0.4 is 5.32 Å². The van der Waals surface area contributed by atoms with Crippen molar-refractivity contribution in [1.82, 2.24) is 5.32 Å². The summed E-state index contributed by atoms with van der Waals surface area (Å²) in [6.45, 7) is 5.77. The third-order valence-corrected chi connectivity index (χ3v) is 2.38. The van der Waals surface area contributed by atoms with E-state index in [2.05, 4.69) is 25.2 Å².